The minimum atomic E-state index is -1.19. The smallest absolute Gasteiger partial charge is 0.326 e. The number of nitrogens with zero attached hydrogens (tertiary/aromatic N) is 1. The Bertz CT molecular complexity index is 859. The van der Waals surface area contributed by atoms with E-state index < -0.39 is 35.9 Å². The number of amides is 2. The number of nitrogens with two attached hydrogens (primary N) is 1. The van der Waals surface area contributed by atoms with Crippen molar-refractivity contribution in [2.45, 2.75) is 37.4 Å². The van der Waals surface area contributed by atoms with Gasteiger partial charge in [0.15, 0.2) is 0 Å². The van der Waals surface area contributed by atoms with E-state index in [1.54, 1.807) is 12.1 Å². The number of aromatic nitrogens is 2. The van der Waals surface area contributed by atoms with Crippen LogP contribution in [0.3, 0.4) is 0 Å². The van der Waals surface area contributed by atoms with Crippen molar-refractivity contribution >= 4 is 29.5 Å². The normalized spacial score (nSPS) is 13.7. The van der Waals surface area contributed by atoms with Gasteiger partial charge >= 0.3 is 5.97 Å². The zero-order chi connectivity index (χ0) is 22.8. The van der Waals surface area contributed by atoms with Gasteiger partial charge in [0.1, 0.15) is 17.8 Å². The molecule has 0 aliphatic heterocycles. The average molecular weight is 450 g/mol. The summed E-state index contributed by atoms with van der Waals surface area (Å²) in [5, 5.41) is 23.9. The Morgan fingerprint density at radius 2 is 1.81 bits per heavy atom. The molecule has 3 atom stereocenters. The number of hydrogen-bond donors (Lipinski definition) is 6. The number of benzene rings is 1. The van der Waals surface area contributed by atoms with Crippen molar-refractivity contribution in [2.24, 2.45) is 5.73 Å². The van der Waals surface area contributed by atoms with Crippen LogP contribution < -0.4 is 16.4 Å². The van der Waals surface area contributed by atoms with Crippen molar-refractivity contribution < 1.29 is 24.6 Å². The molecule has 0 fully saturated rings. The first-order chi connectivity index (χ1) is 14.8. The molecule has 7 N–H and O–H groups in total. The quantitative estimate of drug-likeness (QED) is 0.264. The summed E-state index contributed by atoms with van der Waals surface area (Å²) in [5.74, 6) is -1.61. The Hall–Kier alpha value is -3.05. The fourth-order valence-electron chi connectivity index (χ4n) is 2.85. The second-order valence-electron chi connectivity index (χ2n) is 7.00. The summed E-state index contributed by atoms with van der Waals surface area (Å²) >= 11 is 1.50. The number of thioether (sulfide) groups is 1. The zero-order valence-corrected chi connectivity index (χ0v) is 17.9. The minimum absolute atomic E-state index is 0.0324. The molecule has 10 nitrogen and oxygen atoms in total. The van der Waals surface area contributed by atoms with Gasteiger partial charge in [0.25, 0.3) is 0 Å². The highest BCUT2D eigenvalue weighted by atomic mass is 32.2. The summed E-state index contributed by atoms with van der Waals surface area (Å²) in [6, 6.07) is 3.32. The number of nitrogens with one attached hydrogen (secondary N) is 3. The summed E-state index contributed by atoms with van der Waals surface area (Å²) in [7, 11) is 0. The highest BCUT2D eigenvalue weighted by molar-refractivity contribution is 7.98. The maximum atomic E-state index is 12.8. The molecule has 0 saturated heterocycles. The molecule has 31 heavy (non-hydrogen) atoms. The Labute approximate surface area is 184 Å². The first-order valence-corrected chi connectivity index (χ1v) is 11.0. The van der Waals surface area contributed by atoms with E-state index in [-0.39, 0.29) is 18.6 Å². The first kappa shape index (κ1) is 24.2. The van der Waals surface area contributed by atoms with Gasteiger partial charge in [0, 0.05) is 18.3 Å². The molecule has 11 heteroatoms. The molecule has 0 aliphatic rings. The third-order valence-electron chi connectivity index (χ3n) is 4.57. The topological polar surface area (TPSA) is 170 Å². The summed E-state index contributed by atoms with van der Waals surface area (Å²) < 4.78 is 0. The zero-order valence-electron chi connectivity index (χ0n) is 17.1. The number of phenols is 1. The van der Waals surface area contributed by atoms with Crippen molar-refractivity contribution in [3.63, 3.8) is 0 Å². The number of phenolic OH excluding ortho intramolecular Hbond substituents is 1. The molecule has 168 valence electrons. The lowest BCUT2D eigenvalue weighted by Crippen LogP contribution is -2.55. The van der Waals surface area contributed by atoms with Crippen LogP contribution in [0.1, 0.15) is 17.7 Å². The van der Waals surface area contributed by atoms with Crippen LogP contribution in [0.2, 0.25) is 0 Å². The molecular formula is C20H27N5O5S. The highest BCUT2D eigenvalue weighted by Gasteiger charge is 2.28. The molecule has 2 rings (SSSR count). The number of hydrogen-bond acceptors (Lipinski definition) is 7. The molecular weight excluding hydrogens is 422 g/mol. The Kier molecular flexibility index (Phi) is 9.35. The van der Waals surface area contributed by atoms with E-state index in [0.29, 0.717) is 17.9 Å². The summed E-state index contributed by atoms with van der Waals surface area (Å²) in [6.45, 7) is 0. The molecule has 3 unspecified atom stereocenters. The molecule has 1 aromatic heterocycles. The molecule has 0 saturated carbocycles. The Morgan fingerprint density at radius 3 is 2.39 bits per heavy atom. The third kappa shape index (κ3) is 7.95. The lowest BCUT2D eigenvalue weighted by atomic mass is 10.0. The predicted octanol–water partition coefficient (Wildman–Crippen LogP) is 0.0351. The van der Waals surface area contributed by atoms with Gasteiger partial charge in [-0.1, -0.05) is 12.1 Å². The fraction of sp³-hybridized carbons (Fsp3) is 0.400. The number of aliphatic carboxylic acids is 1. The van der Waals surface area contributed by atoms with Crippen LogP contribution >= 0.6 is 11.8 Å². The van der Waals surface area contributed by atoms with E-state index in [0.717, 1.165) is 5.56 Å². The molecule has 1 heterocycles. The van der Waals surface area contributed by atoms with Crippen LogP contribution in [0, 0.1) is 0 Å². The van der Waals surface area contributed by atoms with Gasteiger partial charge in [-0.15, -0.1) is 0 Å². The number of rotatable bonds is 12. The van der Waals surface area contributed by atoms with E-state index in [9.17, 15) is 24.6 Å². The third-order valence-corrected chi connectivity index (χ3v) is 5.21. The number of aromatic amines is 1. The van der Waals surface area contributed by atoms with Crippen molar-refractivity contribution in [3.05, 3.63) is 48.0 Å². The lowest BCUT2D eigenvalue weighted by molar-refractivity contribution is -0.142. The molecule has 0 aliphatic carbocycles. The molecule has 1 aromatic carbocycles. The average Bonchev–Trinajstić information content (AvgIpc) is 3.25. The molecule has 2 aromatic rings. The van der Waals surface area contributed by atoms with Crippen LogP contribution in [0.5, 0.6) is 5.75 Å². The monoisotopic (exact) mass is 449 g/mol. The number of carbonyl (C=O) groups is 3. The Balaban J connectivity index is 2.00. The number of H-pyrrole nitrogens is 1. The van der Waals surface area contributed by atoms with Crippen LogP contribution in [0.4, 0.5) is 0 Å². The van der Waals surface area contributed by atoms with Crippen LogP contribution in [-0.4, -0.2) is 68.1 Å². The number of carboxylic acid groups (broad SMARTS) is 1. The van der Waals surface area contributed by atoms with Crippen LogP contribution in [-0.2, 0) is 27.2 Å². The molecule has 0 spiro atoms. The Morgan fingerprint density at radius 1 is 1.13 bits per heavy atom. The molecule has 2 amide bonds. The van der Waals surface area contributed by atoms with Gasteiger partial charge in [-0.2, -0.15) is 11.8 Å². The minimum Gasteiger partial charge on any atom is -0.508 e. The van der Waals surface area contributed by atoms with Gasteiger partial charge in [-0.3, -0.25) is 9.59 Å². The van der Waals surface area contributed by atoms with Crippen molar-refractivity contribution in [1.29, 1.82) is 0 Å². The number of imidazole rings is 1. The first-order valence-electron chi connectivity index (χ1n) is 9.63. The van der Waals surface area contributed by atoms with Gasteiger partial charge in [-0.05, 0) is 42.5 Å². The number of carboxylic acids is 1. The molecule has 0 bridgehead atoms. The van der Waals surface area contributed by atoms with Crippen molar-refractivity contribution in [3.8, 4) is 5.75 Å². The van der Waals surface area contributed by atoms with E-state index in [4.69, 9.17) is 5.73 Å². The summed E-state index contributed by atoms with van der Waals surface area (Å²) in [5.41, 5.74) is 7.31. The maximum absolute atomic E-state index is 12.8. The van der Waals surface area contributed by atoms with Gasteiger partial charge in [0.05, 0.1) is 12.4 Å². The second-order valence-corrected chi connectivity index (χ2v) is 7.99. The van der Waals surface area contributed by atoms with Gasteiger partial charge < -0.3 is 31.6 Å². The van der Waals surface area contributed by atoms with E-state index >= 15 is 0 Å². The number of aromatic hydroxyl groups is 1. The van der Waals surface area contributed by atoms with Gasteiger partial charge in [-0.25, -0.2) is 9.78 Å². The van der Waals surface area contributed by atoms with Crippen LogP contribution in [0.15, 0.2) is 36.8 Å². The highest BCUT2D eigenvalue weighted by Crippen LogP contribution is 2.11. The van der Waals surface area contributed by atoms with Crippen LogP contribution in [0.25, 0.3) is 0 Å². The SMILES string of the molecule is CSCCC(NC(=O)C(N)Cc1ccc(O)cc1)C(=O)NC(Cc1cnc[nH]1)C(=O)O. The van der Waals surface area contributed by atoms with Crippen molar-refractivity contribution in [1.82, 2.24) is 20.6 Å². The van der Waals surface area contributed by atoms with E-state index in [1.807, 2.05) is 6.26 Å². The molecule has 0 radical (unpaired) electrons. The summed E-state index contributed by atoms with van der Waals surface area (Å²) in [6.07, 6.45) is 5.35. The second kappa shape index (κ2) is 12.0. The van der Waals surface area contributed by atoms with Crippen molar-refractivity contribution in [2.75, 3.05) is 12.0 Å². The number of carbonyl (C=O) groups excluding carboxylic acids is 2. The fourth-order valence-corrected chi connectivity index (χ4v) is 3.32. The predicted molar refractivity (Wildman–Crippen MR) is 117 cm³/mol. The summed E-state index contributed by atoms with van der Waals surface area (Å²) in [4.78, 5) is 43.5. The van der Waals surface area contributed by atoms with E-state index in [1.165, 1.54) is 36.4 Å². The lowest BCUT2D eigenvalue weighted by Gasteiger charge is -2.22. The largest absolute Gasteiger partial charge is 0.508 e. The standard InChI is InChI=1S/C20H27N5O5S/c1-31-7-6-16(19(28)25-17(20(29)30)9-13-10-22-11-23-13)24-18(27)15(21)8-12-2-4-14(26)5-3-12/h2-5,10-11,15-17,26H,6-9,21H2,1H3,(H,22,23)(H,24,27)(H,25,28)(H,29,30). The van der Waals surface area contributed by atoms with E-state index in [2.05, 4.69) is 20.6 Å². The van der Waals surface area contributed by atoms with Gasteiger partial charge in [0.2, 0.25) is 11.8 Å². The maximum Gasteiger partial charge on any atom is 0.326 e.